The second kappa shape index (κ2) is 8.77. The Bertz CT molecular complexity index is 985. The number of hydrogen-bond acceptors (Lipinski definition) is 5. The van der Waals surface area contributed by atoms with E-state index < -0.39 is 10.0 Å². The number of sulfonamides is 1. The van der Waals surface area contributed by atoms with Gasteiger partial charge in [0.2, 0.25) is 0 Å². The van der Waals surface area contributed by atoms with Gasteiger partial charge in [0.05, 0.1) is 12.4 Å². The third kappa shape index (κ3) is 5.20. The van der Waals surface area contributed by atoms with Gasteiger partial charge in [0.1, 0.15) is 5.75 Å². The number of ether oxygens (including phenoxy) is 1. The third-order valence-electron chi connectivity index (χ3n) is 5.20. The topological polar surface area (TPSA) is 93.5 Å². The summed E-state index contributed by atoms with van der Waals surface area (Å²) < 4.78 is 34.5. The van der Waals surface area contributed by atoms with Crippen LogP contribution in [0.5, 0.6) is 5.75 Å². The van der Waals surface area contributed by atoms with Crippen molar-refractivity contribution in [3.8, 4) is 5.75 Å². The number of carbonyl (C=O) groups excluding carboxylic acids is 1. The van der Waals surface area contributed by atoms with Crippen molar-refractivity contribution in [3.05, 3.63) is 42.4 Å². The quantitative estimate of drug-likeness (QED) is 0.722. The van der Waals surface area contributed by atoms with E-state index in [1.165, 1.54) is 16.8 Å². The minimum atomic E-state index is -3.64. The van der Waals surface area contributed by atoms with E-state index in [2.05, 4.69) is 10.3 Å². The van der Waals surface area contributed by atoms with Gasteiger partial charge in [-0.25, -0.2) is 13.4 Å². The number of imidazole rings is 1. The van der Waals surface area contributed by atoms with Gasteiger partial charge in [-0.05, 0) is 56.4 Å². The van der Waals surface area contributed by atoms with Gasteiger partial charge >= 0.3 is 0 Å². The van der Waals surface area contributed by atoms with Gasteiger partial charge in [0.25, 0.3) is 15.9 Å². The Hall–Kier alpha value is -2.39. The molecule has 9 heteroatoms. The normalized spacial score (nSPS) is 20.3. The highest BCUT2D eigenvalue weighted by molar-refractivity contribution is 7.89. The molecule has 0 bridgehead atoms. The highest BCUT2D eigenvalue weighted by Crippen LogP contribution is 2.31. The van der Waals surface area contributed by atoms with E-state index in [0.717, 1.165) is 18.6 Å². The summed E-state index contributed by atoms with van der Waals surface area (Å²) in [5, 5.41) is 3.02. The third-order valence-corrected chi connectivity index (χ3v) is 6.93. The molecule has 1 amide bonds. The van der Waals surface area contributed by atoms with Crippen molar-refractivity contribution in [2.75, 3.05) is 19.6 Å². The largest absolute Gasteiger partial charge is 0.491 e. The van der Waals surface area contributed by atoms with Crippen molar-refractivity contribution in [2.24, 2.45) is 12.5 Å². The first kappa shape index (κ1) is 22.3. The van der Waals surface area contributed by atoms with E-state index in [-0.39, 0.29) is 22.5 Å². The Morgan fingerprint density at radius 3 is 2.60 bits per heavy atom. The molecule has 2 aromatic rings. The predicted octanol–water partition coefficient (Wildman–Crippen LogP) is 2.43. The van der Waals surface area contributed by atoms with Crippen LogP contribution in [0.15, 0.2) is 41.8 Å². The Morgan fingerprint density at radius 1 is 1.30 bits per heavy atom. The van der Waals surface area contributed by atoms with Crippen molar-refractivity contribution >= 4 is 15.9 Å². The van der Waals surface area contributed by atoms with Gasteiger partial charge in [0.15, 0.2) is 5.03 Å². The first-order valence-electron chi connectivity index (χ1n) is 10.1. The smallest absolute Gasteiger partial charge is 0.262 e. The lowest BCUT2D eigenvalue weighted by molar-refractivity contribution is 0.0907. The fourth-order valence-corrected chi connectivity index (χ4v) is 5.22. The summed E-state index contributed by atoms with van der Waals surface area (Å²) in [6.45, 7) is 7.09. The molecule has 2 heterocycles. The van der Waals surface area contributed by atoms with Crippen molar-refractivity contribution in [3.63, 3.8) is 0 Å². The summed E-state index contributed by atoms with van der Waals surface area (Å²) >= 11 is 0. The molecule has 8 nitrogen and oxygen atoms in total. The summed E-state index contributed by atoms with van der Waals surface area (Å²) in [6.07, 6.45) is 4.63. The molecule has 0 saturated carbocycles. The highest BCUT2D eigenvalue weighted by Gasteiger charge is 2.38. The summed E-state index contributed by atoms with van der Waals surface area (Å²) in [6, 6.07) is 7.01. The van der Waals surface area contributed by atoms with Crippen molar-refractivity contribution in [1.29, 1.82) is 0 Å². The molecule has 1 fully saturated rings. The zero-order valence-electron chi connectivity index (χ0n) is 18.0. The maximum Gasteiger partial charge on any atom is 0.262 e. The van der Waals surface area contributed by atoms with E-state index in [1.807, 2.05) is 20.8 Å². The molecule has 1 aromatic carbocycles. The van der Waals surface area contributed by atoms with Gasteiger partial charge in [-0.15, -0.1) is 0 Å². The van der Waals surface area contributed by atoms with Crippen LogP contribution in [-0.2, 0) is 17.1 Å². The molecule has 1 aliphatic rings. The summed E-state index contributed by atoms with van der Waals surface area (Å²) in [4.78, 5) is 16.6. The maximum absolute atomic E-state index is 12.9. The van der Waals surface area contributed by atoms with E-state index >= 15 is 0 Å². The molecular weight excluding hydrogens is 404 g/mol. The summed E-state index contributed by atoms with van der Waals surface area (Å²) in [5.74, 6) is 0.535. The molecule has 1 atom stereocenters. The van der Waals surface area contributed by atoms with Crippen LogP contribution in [0.4, 0.5) is 0 Å². The first-order valence-corrected chi connectivity index (χ1v) is 11.6. The van der Waals surface area contributed by atoms with Gasteiger partial charge in [-0.1, -0.05) is 6.92 Å². The number of nitrogens with zero attached hydrogens (tertiary/aromatic N) is 3. The van der Waals surface area contributed by atoms with Gasteiger partial charge in [-0.3, -0.25) is 4.79 Å². The summed E-state index contributed by atoms with van der Waals surface area (Å²) in [5.41, 5.74) is 0.194. The Labute approximate surface area is 178 Å². The number of nitrogens with one attached hydrogen (secondary N) is 1. The van der Waals surface area contributed by atoms with E-state index in [9.17, 15) is 13.2 Å². The second-order valence-corrected chi connectivity index (χ2v) is 10.4. The zero-order valence-corrected chi connectivity index (χ0v) is 18.8. The lowest BCUT2D eigenvalue weighted by Crippen LogP contribution is -2.49. The molecular formula is C21H30N4O4S. The molecule has 0 radical (unpaired) electrons. The zero-order chi connectivity index (χ0) is 21.9. The lowest BCUT2D eigenvalue weighted by Gasteiger charge is -2.39. The molecule has 1 aliphatic heterocycles. The molecule has 1 N–H and O–H groups in total. The molecule has 1 unspecified atom stereocenters. The SMILES string of the molecule is CC(C)Oc1ccc(C(=O)NCC2(C)CCCN(S(=O)(=O)c3cn(C)cn3)C2)cc1. The fraction of sp³-hybridized carbons (Fsp3) is 0.524. The number of carbonyl (C=O) groups is 1. The van der Waals surface area contributed by atoms with Crippen LogP contribution >= 0.6 is 0 Å². The number of aromatic nitrogens is 2. The van der Waals surface area contributed by atoms with Crippen LogP contribution in [0.2, 0.25) is 0 Å². The minimum absolute atomic E-state index is 0.0574. The van der Waals surface area contributed by atoms with Gasteiger partial charge in [0, 0.05) is 38.4 Å². The van der Waals surface area contributed by atoms with E-state index in [0.29, 0.717) is 25.2 Å². The van der Waals surface area contributed by atoms with Gasteiger partial charge < -0.3 is 14.6 Å². The molecule has 1 aromatic heterocycles. The predicted molar refractivity (Wildman–Crippen MR) is 114 cm³/mol. The monoisotopic (exact) mass is 434 g/mol. The highest BCUT2D eigenvalue weighted by atomic mass is 32.2. The average molecular weight is 435 g/mol. The average Bonchev–Trinajstić information content (AvgIpc) is 3.13. The molecule has 3 rings (SSSR count). The van der Waals surface area contributed by atoms with E-state index in [4.69, 9.17) is 4.74 Å². The van der Waals surface area contributed by atoms with Crippen molar-refractivity contribution in [1.82, 2.24) is 19.2 Å². The van der Waals surface area contributed by atoms with Crippen LogP contribution < -0.4 is 10.1 Å². The number of rotatable bonds is 7. The fourth-order valence-electron chi connectivity index (χ4n) is 3.62. The van der Waals surface area contributed by atoms with Crippen LogP contribution in [0.1, 0.15) is 44.0 Å². The number of hydrogen-bond donors (Lipinski definition) is 1. The standard InChI is InChI=1S/C21H30N4O4S/c1-16(2)29-18-8-6-17(7-9-18)20(26)22-13-21(3)10-5-11-25(14-21)30(27,28)19-12-24(4)15-23-19/h6-9,12,15-16H,5,10-11,13-14H2,1-4H3,(H,22,26). The van der Waals surface area contributed by atoms with Crippen LogP contribution in [-0.4, -0.2) is 53.9 Å². The lowest BCUT2D eigenvalue weighted by atomic mass is 9.82. The van der Waals surface area contributed by atoms with Crippen molar-refractivity contribution in [2.45, 2.75) is 44.7 Å². The molecule has 0 aliphatic carbocycles. The molecule has 1 saturated heterocycles. The first-order chi connectivity index (χ1) is 14.1. The maximum atomic E-state index is 12.9. The molecule has 164 valence electrons. The number of amides is 1. The Balaban J connectivity index is 1.62. The minimum Gasteiger partial charge on any atom is -0.491 e. The van der Waals surface area contributed by atoms with Crippen molar-refractivity contribution < 1.29 is 17.9 Å². The number of piperidine rings is 1. The molecule has 30 heavy (non-hydrogen) atoms. The summed E-state index contributed by atoms with van der Waals surface area (Å²) in [7, 11) is -1.90. The van der Waals surface area contributed by atoms with Crippen LogP contribution in [0.3, 0.4) is 0 Å². The molecule has 0 spiro atoms. The van der Waals surface area contributed by atoms with E-state index in [1.54, 1.807) is 35.9 Å². The second-order valence-electron chi connectivity index (χ2n) is 8.50. The van der Waals surface area contributed by atoms with Crippen LogP contribution in [0.25, 0.3) is 0 Å². The number of benzene rings is 1. The Morgan fingerprint density at radius 2 is 2.00 bits per heavy atom. The van der Waals surface area contributed by atoms with Crippen LogP contribution in [0, 0.1) is 5.41 Å². The van der Waals surface area contributed by atoms with Gasteiger partial charge in [-0.2, -0.15) is 4.31 Å². The Kier molecular flexibility index (Phi) is 6.52. The number of aryl methyl sites for hydroxylation is 1.